The van der Waals surface area contributed by atoms with E-state index in [2.05, 4.69) is 5.32 Å². The molecule has 0 atom stereocenters. The standard InChI is InChI=1S/C22H22N2O4S2/c1-3-28-18-11-7-5-9-16(18)23-20(25)12-13-24-21(26)19(30-22(24)29)14-15-8-4-6-10-17(15)27-2/h4-11,14H,3,12-13H2,1-2H3,(H,23,25). The van der Waals surface area contributed by atoms with Crippen molar-refractivity contribution in [3.63, 3.8) is 0 Å². The average Bonchev–Trinajstić information content (AvgIpc) is 3.01. The molecule has 8 heteroatoms. The van der Waals surface area contributed by atoms with Gasteiger partial charge in [-0.1, -0.05) is 54.3 Å². The molecule has 156 valence electrons. The van der Waals surface area contributed by atoms with E-state index in [1.54, 1.807) is 25.3 Å². The van der Waals surface area contributed by atoms with Gasteiger partial charge < -0.3 is 14.8 Å². The first-order valence-electron chi connectivity index (χ1n) is 9.43. The van der Waals surface area contributed by atoms with Crippen LogP contribution in [-0.2, 0) is 9.59 Å². The third-order valence-corrected chi connectivity index (χ3v) is 5.70. The Morgan fingerprint density at radius 1 is 1.17 bits per heavy atom. The second-order valence-corrected chi connectivity index (χ2v) is 7.98. The van der Waals surface area contributed by atoms with Gasteiger partial charge in [0.2, 0.25) is 5.91 Å². The van der Waals surface area contributed by atoms with Crippen molar-refractivity contribution >= 4 is 51.9 Å². The smallest absolute Gasteiger partial charge is 0.266 e. The van der Waals surface area contributed by atoms with Crippen molar-refractivity contribution in [3.8, 4) is 11.5 Å². The fraction of sp³-hybridized carbons (Fsp3) is 0.227. The predicted molar refractivity (Wildman–Crippen MR) is 124 cm³/mol. The second kappa shape index (κ2) is 10.3. The minimum absolute atomic E-state index is 0.120. The van der Waals surface area contributed by atoms with Gasteiger partial charge in [-0.3, -0.25) is 14.5 Å². The lowest BCUT2D eigenvalue weighted by Crippen LogP contribution is -2.31. The van der Waals surface area contributed by atoms with Gasteiger partial charge in [0.15, 0.2) is 0 Å². The molecule has 2 amide bonds. The number of nitrogens with zero attached hydrogens (tertiary/aromatic N) is 1. The van der Waals surface area contributed by atoms with Crippen LogP contribution >= 0.6 is 24.0 Å². The first-order chi connectivity index (χ1) is 14.5. The Kier molecular flexibility index (Phi) is 7.48. The minimum Gasteiger partial charge on any atom is -0.496 e. The van der Waals surface area contributed by atoms with Gasteiger partial charge in [0.05, 0.1) is 24.3 Å². The third kappa shape index (κ3) is 5.20. The van der Waals surface area contributed by atoms with Crippen molar-refractivity contribution in [2.75, 3.05) is 25.6 Å². The zero-order valence-electron chi connectivity index (χ0n) is 16.7. The zero-order chi connectivity index (χ0) is 21.5. The minimum atomic E-state index is -0.218. The Hall–Kier alpha value is -2.84. The molecule has 1 N–H and O–H groups in total. The van der Waals surface area contributed by atoms with E-state index < -0.39 is 0 Å². The largest absolute Gasteiger partial charge is 0.496 e. The molecule has 0 spiro atoms. The maximum absolute atomic E-state index is 12.8. The topological polar surface area (TPSA) is 67.9 Å². The summed E-state index contributed by atoms with van der Waals surface area (Å²) >= 11 is 6.58. The summed E-state index contributed by atoms with van der Waals surface area (Å²) in [6, 6.07) is 14.7. The third-order valence-electron chi connectivity index (χ3n) is 4.32. The summed E-state index contributed by atoms with van der Waals surface area (Å²) in [4.78, 5) is 27.2. The van der Waals surface area contributed by atoms with E-state index in [-0.39, 0.29) is 24.8 Å². The Labute approximate surface area is 185 Å². The number of methoxy groups -OCH3 is 1. The van der Waals surface area contributed by atoms with E-state index in [1.807, 2.05) is 43.3 Å². The van der Waals surface area contributed by atoms with Gasteiger partial charge >= 0.3 is 0 Å². The van der Waals surface area contributed by atoms with Crippen molar-refractivity contribution in [1.82, 2.24) is 4.90 Å². The molecule has 0 aliphatic carbocycles. The van der Waals surface area contributed by atoms with E-state index in [4.69, 9.17) is 21.7 Å². The molecule has 0 unspecified atom stereocenters. The van der Waals surface area contributed by atoms with Crippen molar-refractivity contribution in [3.05, 3.63) is 59.0 Å². The maximum Gasteiger partial charge on any atom is 0.266 e. The number of hydrogen-bond acceptors (Lipinski definition) is 6. The molecule has 30 heavy (non-hydrogen) atoms. The van der Waals surface area contributed by atoms with Crippen molar-refractivity contribution in [1.29, 1.82) is 0 Å². The van der Waals surface area contributed by atoms with Crippen LogP contribution in [0.25, 0.3) is 6.08 Å². The van der Waals surface area contributed by atoms with Crippen molar-refractivity contribution in [2.24, 2.45) is 0 Å². The van der Waals surface area contributed by atoms with E-state index in [0.717, 1.165) is 5.56 Å². The van der Waals surface area contributed by atoms with Crippen molar-refractivity contribution < 1.29 is 19.1 Å². The summed E-state index contributed by atoms with van der Waals surface area (Å²) in [5.74, 6) is 0.858. The lowest BCUT2D eigenvalue weighted by atomic mass is 10.2. The molecule has 0 bridgehead atoms. The Bertz CT molecular complexity index is 991. The Morgan fingerprint density at radius 3 is 2.60 bits per heavy atom. The zero-order valence-corrected chi connectivity index (χ0v) is 18.3. The molecule has 0 saturated carbocycles. The molecule has 1 aliphatic heterocycles. The van der Waals surface area contributed by atoms with E-state index in [9.17, 15) is 9.59 Å². The lowest BCUT2D eigenvalue weighted by Gasteiger charge is -2.15. The number of rotatable bonds is 8. The highest BCUT2D eigenvalue weighted by Crippen LogP contribution is 2.34. The van der Waals surface area contributed by atoms with Crippen LogP contribution in [0.5, 0.6) is 11.5 Å². The summed E-state index contributed by atoms with van der Waals surface area (Å²) in [6.07, 6.45) is 1.88. The normalized spacial score (nSPS) is 14.9. The summed E-state index contributed by atoms with van der Waals surface area (Å²) < 4.78 is 11.3. The van der Waals surface area contributed by atoms with Crippen LogP contribution in [-0.4, -0.2) is 41.3 Å². The second-order valence-electron chi connectivity index (χ2n) is 6.30. The van der Waals surface area contributed by atoms with Crippen LogP contribution in [0.4, 0.5) is 5.69 Å². The van der Waals surface area contributed by atoms with Gasteiger partial charge in [0, 0.05) is 18.5 Å². The molecule has 3 rings (SSSR count). The molecule has 2 aromatic carbocycles. The Morgan fingerprint density at radius 2 is 1.87 bits per heavy atom. The van der Waals surface area contributed by atoms with E-state index in [0.29, 0.717) is 33.0 Å². The van der Waals surface area contributed by atoms with Gasteiger partial charge in [-0.05, 0) is 31.2 Å². The van der Waals surface area contributed by atoms with Crippen LogP contribution in [0, 0.1) is 0 Å². The van der Waals surface area contributed by atoms with Gasteiger partial charge in [-0.25, -0.2) is 0 Å². The van der Waals surface area contributed by atoms with Crippen LogP contribution < -0.4 is 14.8 Å². The number of hydrogen-bond donors (Lipinski definition) is 1. The molecule has 1 fully saturated rings. The number of para-hydroxylation sites is 3. The molecule has 2 aromatic rings. The number of benzene rings is 2. The average molecular weight is 443 g/mol. The first-order valence-corrected chi connectivity index (χ1v) is 10.7. The molecular weight excluding hydrogens is 420 g/mol. The highest BCUT2D eigenvalue weighted by atomic mass is 32.2. The molecule has 1 saturated heterocycles. The van der Waals surface area contributed by atoms with Crippen LogP contribution in [0.1, 0.15) is 18.9 Å². The predicted octanol–water partition coefficient (Wildman–Crippen LogP) is 4.32. The lowest BCUT2D eigenvalue weighted by molar-refractivity contribution is -0.122. The number of ether oxygens (including phenoxy) is 2. The van der Waals surface area contributed by atoms with Crippen molar-refractivity contribution in [2.45, 2.75) is 13.3 Å². The Balaban J connectivity index is 1.63. The van der Waals surface area contributed by atoms with Gasteiger partial charge in [0.1, 0.15) is 15.8 Å². The van der Waals surface area contributed by atoms with E-state index >= 15 is 0 Å². The van der Waals surface area contributed by atoms with E-state index in [1.165, 1.54) is 16.7 Å². The summed E-state index contributed by atoms with van der Waals surface area (Å²) in [5.41, 5.74) is 1.40. The summed E-state index contributed by atoms with van der Waals surface area (Å²) in [7, 11) is 1.58. The van der Waals surface area contributed by atoms with Gasteiger partial charge in [-0.2, -0.15) is 0 Å². The summed E-state index contributed by atoms with van der Waals surface area (Å²) in [5, 5.41) is 2.83. The molecule has 0 radical (unpaired) electrons. The summed E-state index contributed by atoms with van der Waals surface area (Å²) in [6.45, 7) is 2.59. The number of nitrogens with one attached hydrogen (secondary N) is 1. The first kappa shape index (κ1) is 21.9. The fourth-order valence-electron chi connectivity index (χ4n) is 2.90. The molecule has 6 nitrogen and oxygen atoms in total. The number of thiocarbonyl (C=S) groups is 1. The highest BCUT2D eigenvalue weighted by molar-refractivity contribution is 8.26. The molecular formula is C22H22N2O4S2. The monoisotopic (exact) mass is 442 g/mol. The number of carbonyl (C=O) groups is 2. The number of carbonyl (C=O) groups excluding carboxylic acids is 2. The van der Waals surface area contributed by atoms with Crippen LogP contribution in [0.15, 0.2) is 53.4 Å². The van der Waals surface area contributed by atoms with Gasteiger partial charge in [0.25, 0.3) is 5.91 Å². The van der Waals surface area contributed by atoms with Crippen LogP contribution in [0.2, 0.25) is 0 Å². The highest BCUT2D eigenvalue weighted by Gasteiger charge is 2.32. The fourth-order valence-corrected chi connectivity index (χ4v) is 4.20. The number of thioether (sulfide) groups is 1. The molecule has 0 aromatic heterocycles. The maximum atomic E-state index is 12.8. The molecule has 1 aliphatic rings. The van der Waals surface area contributed by atoms with Gasteiger partial charge in [-0.15, -0.1) is 0 Å². The SMILES string of the molecule is CCOc1ccccc1NC(=O)CCN1C(=O)C(=Cc2ccccc2OC)SC1=S. The van der Waals surface area contributed by atoms with Crippen LogP contribution in [0.3, 0.4) is 0 Å². The quantitative estimate of drug-likeness (QED) is 0.485. The number of amides is 2. The number of anilines is 1. The molecule has 1 heterocycles.